The van der Waals surface area contributed by atoms with Gasteiger partial charge in [0.25, 0.3) is 80.9 Å². The van der Waals surface area contributed by atoms with Gasteiger partial charge >= 0.3 is 5.97 Å². The Morgan fingerprint density at radius 3 is 0.477 bits per heavy atom. The van der Waals surface area contributed by atoms with E-state index in [0.717, 1.165) is 222 Å². The summed E-state index contributed by atoms with van der Waals surface area (Å²) in [4.78, 5) is 13.0. The average Bonchev–Trinajstić information content (AvgIpc) is 0.855. The summed E-state index contributed by atoms with van der Waals surface area (Å²) < 4.78 is 266. The van der Waals surface area contributed by atoms with Crippen LogP contribution in [-0.4, -0.2) is 311 Å². The Kier molecular flexibility index (Phi) is 75.8. The zero-order valence-corrected chi connectivity index (χ0v) is 102. The van der Waals surface area contributed by atoms with Gasteiger partial charge in [-0.05, 0) is 208 Å². The monoisotopic (exact) mass is 2300 g/mol. The minimum atomic E-state index is -4.04. The maximum Gasteiger partial charge on any atom is 0.305 e. The molecule has 132 heavy (non-hydrogen) atoms. The third-order valence-electron chi connectivity index (χ3n) is 25.9. The Morgan fingerprint density at radius 1 is 0.197 bits per heavy atom. The van der Waals surface area contributed by atoms with Crippen LogP contribution >= 0.6 is 94.1 Å². The Balaban J connectivity index is 8.10. The lowest BCUT2D eigenvalue weighted by molar-refractivity contribution is -0.143. The fraction of sp³-hybridized carbons (Fsp3) is 0.988. The first kappa shape index (κ1) is 135. The molecular formula is C83H180O26S16Si7. The second kappa shape index (κ2) is 74.0. The van der Waals surface area contributed by atoms with Crippen LogP contribution in [0.5, 0.6) is 0 Å². The van der Waals surface area contributed by atoms with E-state index in [4.69, 9.17) is 4.74 Å². The van der Waals surface area contributed by atoms with E-state index in [1.165, 1.54) is 72.5 Å². The van der Waals surface area contributed by atoms with Gasteiger partial charge in [-0.2, -0.15) is 161 Å². The summed E-state index contributed by atoms with van der Waals surface area (Å²) in [5, 5.41) is 0. The van der Waals surface area contributed by atoms with E-state index < -0.39 is 137 Å². The Hall–Kier alpha value is 3.07. The van der Waals surface area contributed by atoms with Gasteiger partial charge in [-0.3, -0.25) is 41.2 Å². The Labute approximate surface area is 846 Å². The predicted octanol–water partition coefficient (Wildman–Crippen LogP) is 23.0. The highest BCUT2D eigenvalue weighted by atomic mass is 32.3. The van der Waals surface area contributed by atoms with Crippen molar-refractivity contribution in [2.24, 2.45) is 0 Å². The molecule has 0 aliphatic rings. The molecule has 0 bridgehead atoms. The Morgan fingerprint density at radius 2 is 0.333 bits per heavy atom. The molecule has 0 unspecified atom stereocenters. The minimum absolute atomic E-state index is 0.132. The molecule has 0 atom stereocenters. The van der Waals surface area contributed by atoms with Crippen LogP contribution in [0.2, 0.25) is 173 Å². The number of carbonyl (C=O) groups excluding carboxylic acids is 1. The van der Waals surface area contributed by atoms with Crippen molar-refractivity contribution in [3.8, 4) is 0 Å². The largest absolute Gasteiger partial charge is 0.466 e. The number of hydrogen-bond acceptors (Lipinski definition) is 26. The number of carbonyl (C=O) groups is 1. The number of hydrogen-bond donors (Lipinski definition) is 8. The van der Waals surface area contributed by atoms with Gasteiger partial charge in [0.2, 0.25) is 0 Å². The van der Waals surface area contributed by atoms with E-state index >= 15 is 0 Å². The number of thioether (sulfide) groups is 8. The molecule has 8 N–H and O–H groups in total. The van der Waals surface area contributed by atoms with Crippen LogP contribution < -0.4 is 0 Å². The second-order valence-corrected chi connectivity index (χ2v) is 98.0. The van der Waals surface area contributed by atoms with Crippen molar-refractivity contribution in [1.29, 1.82) is 0 Å². The summed E-state index contributed by atoms with van der Waals surface area (Å²) in [6, 6.07) is 24.7. The first-order chi connectivity index (χ1) is 61.4. The standard InChI is InChI=1S/C83H180O26S16Si7/c1-9-10-11-36-83(84)109-37-12-13-62-126(2,71-30-77-131(7,79-32-73-127(3,63-22-46-110-38-14-54-118(85,86)87)64-23-47-111-39-15-55-119(88,89)90)80-33-74-128(4,65-24-48-112-40-16-56-120(91,92)93)66-25-49-113-41-17-57-121(94,95)96)72-31-78-132(8,81-34-75-129(5,67-26-50-114-42-18-58-122(97,98)99)68-27-51-115-43-19-59-123(100,101)102)82-35-76-130(6,69-28-52-116-44-20-60-124(103,104)105)70-29-53-117-45-21-61-125(106,107)108/h9-82H2,1-8H3,(H,85,86,87)(H,88,89,90)(H,91,92,93)(H,94,95,96)(H,97,98,99)(H,100,101,102)(H,103,104,105)(H,106,107,108). The summed E-state index contributed by atoms with van der Waals surface area (Å²) in [6.45, 7) is 20.8. The van der Waals surface area contributed by atoms with Crippen molar-refractivity contribution in [2.45, 2.75) is 359 Å². The van der Waals surface area contributed by atoms with E-state index in [-0.39, 0.29) is 52.0 Å². The predicted molar refractivity (Wildman–Crippen MR) is 598 cm³/mol. The quantitative estimate of drug-likeness (QED) is 0.0121. The number of rotatable bonds is 97. The summed E-state index contributed by atoms with van der Waals surface area (Å²) in [6.07, 6.45) is 23.2. The maximum absolute atomic E-state index is 13.0. The molecule has 0 rings (SSSR count). The number of esters is 1. The van der Waals surface area contributed by atoms with Crippen LogP contribution in [0.25, 0.3) is 0 Å². The summed E-state index contributed by atoms with van der Waals surface area (Å²) in [5.74, 6) is 10.2. The van der Waals surface area contributed by atoms with E-state index in [0.29, 0.717) is 110 Å². The van der Waals surface area contributed by atoms with Crippen LogP contribution in [0, 0.1) is 0 Å². The molecule has 0 saturated heterocycles. The molecule has 0 spiro atoms. The molecule has 0 heterocycles. The van der Waals surface area contributed by atoms with E-state index in [1.807, 2.05) is 0 Å². The SMILES string of the molecule is CCCCCC(=O)OCCCC[Si](C)(CCC[Si](C)(CCC[Si](C)(CCCSCCCS(=O)(=O)O)CCCSCCCS(=O)(=O)O)CCC[Si](C)(CCCSCCCS(=O)(=O)O)CCCSCCCS(=O)(=O)O)CCC[Si](C)(CCC[Si](C)(CCCSCCCS(=O)(=O)O)CCCSCCCS(=O)(=O)O)CCC[Si](C)(CCCSCCCS(=O)(=O)O)CCCSCCCS(=O)(=O)O. The van der Waals surface area contributed by atoms with Gasteiger partial charge in [0.05, 0.1) is 109 Å². The van der Waals surface area contributed by atoms with E-state index in [9.17, 15) is 109 Å². The lowest BCUT2D eigenvalue weighted by Crippen LogP contribution is -2.37. The van der Waals surface area contributed by atoms with Gasteiger partial charge in [-0.15, -0.1) is 0 Å². The first-order valence-corrected chi connectivity index (χ1v) is 92.7. The smallest absolute Gasteiger partial charge is 0.305 e. The van der Waals surface area contributed by atoms with Gasteiger partial charge in [-0.25, -0.2) is 0 Å². The molecule has 0 amide bonds. The summed E-state index contributed by atoms with van der Waals surface area (Å²) >= 11 is 13.9. The fourth-order valence-corrected chi connectivity index (χ4v) is 62.0. The zero-order chi connectivity index (χ0) is 99.8. The van der Waals surface area contributed by atoms with Crippen molar-refractivity contribution in [3.63, 3.8) is 0 Å². The topological polar surface area (TPSA) is 461 Å². The Bertz CT molecular complexity index is 3340. The van der Waals surface area contributed by atoms with Crippen molar-refractivity contribution < 1.29 is 113 Å². The third-order valence-corrected chi connectivity index (χ3v) is 74.3. The van der Waals surface area contributed by atoms with Gasteiger partial charge in [0, 0.05) is 6.42 Å². The molecule has 792 valence electrons. The first-order valence-electron chi connectivity index (χ1n) is 48.7. The highest BCUT2D eigenvalue weighted by Gasteiger charge is 2.38. The van der Waals surface area contributed by atoms with E-state index in [2.05, 4.69) is 52.8 Å². The van der Waals surface area contributed by atoms with Crippen molar-refractivity contribution in [2.75, 3.05) is 145 Å². The molecule has 0 aliphatic carbocycles. The molecule has 0 aromatic heterocycles. The van der Waals surface area contributed by atoms with Crippen molar-refractivity contribution >= 4 is 238 Å². The van der Waals surface area contributed by atoms with Gasteiger partial charge in [0.15, 0.2) is 0 Å². The number of unbranched alkanes of at least 4 members (excludes halogenated alkanes) is 3. The van der Waals surface area contributed by atoms with Gasteiger partial charge in [-0.1, -0.05) is 237 Å². The van der Waals surface area contributed by atoms with Crippen LogP contribution in [-0.2, 0) is 90.5 Å². The molecule has 26 nitrogen and oxygen atoms in total. The normalized spacial score (nSPS) is 13.7. The highest BCUT2D eigenvalue weighted by Crippen LogP contribution is 2.42. The van der Waals surface area contributed by atoms with Crippen LogP contribution in [0.1, 0.15) is 187 Å². The highest BCUT2D eigenvalue weighted by molar-refractivity contribution is 8.01. The molecule has 0 saturated carbocycles. The van der Waals surface area contributed by atoms with Crippen LogP contribution in [0.3, 0.4) is 0 Å². The molecule has 0 aromatic rings. The van der Waals surface area contributed by atoms with E-state index in [1.54, 1.807) is 94.1 Å². The molecule has 0 aliphatic heterocycles. The molecule has 0 radical (unpaired) electrons. The van der Waals surface area contributed by atoms with Crippen LogP contribution in [0.4, 0.5) is 0 Å². The molecular weight excluding hydrogens is 2120 g/mol. The van der Waals surface area contributed by atoms with Gasteiger partial charge < -0.3 is 4.74 Å². The third kappa shape index (κ3) is 89.5. The lowest BCUT2D eigenvalue weighted by Gasteiger charge is -2.36. The van der Waals surface area contributed by atoms with Gasteiger partial charge in [0.1, 0.15) is 0 Å². The molecule has 49 heteroatoms. The lowest BCUT2D eigenvalue weighted by atomic mass is 10.2. The van der Waals surface area contributed by atoms with Crippen LogP contribution in [0.15, 0.2) is 0 Å². The molecule has 0 aromatic carbocycles. The van der Waals surface area contributed by atoms with Crippen molar-refractivity contribution in [1.82, 2.24) is 0 Å². The summed E-state index contributed by atoms with van der Waals surface area (Å²) in [5.41, 5.74) is 0. The number of ether oxygens (including phenoxy) is 1. The minimum Gasteiger partial charge on any atom is -0.466 e. The summed E-state index contributed by atoms with van der Waals surface area (Å²) in [7, 11) is -45.8. The fourth-order valence-electron chi connectivity index (χ4n) is 18.1. The average molecular weight is 2300 g/mol. The maximum atomic E-state index is 13.0. The second-order valence-electron chi connectivity index (χ2n) is 39.8. The molecule has 0 fully saturated rings. The zero-order valence-electron chi connectivity index (χ0n) is 81.8. The van der Waals surface area contributed by atoms with Crippen molar-refractivity contribution in [3.05, 3.63) is 0 Å².